The quantitative estimate of drug-likeness (QED) is 0.0819. The fourth-order valence-electron chi connectivity index (χ4n) is 10.7. The van der Waals surface area contributed by atoms with Crippen LogP contribution in [-0.2, 0) is 54.3 Å². The van der Waals surface area contributed by atoms with Crippen LogP contribution in [0, 0.1) is 0 Å². The number of carbonyl (C=O) groups excluding carboxylic acids is 3. The number of anilines is 3. The standard InChI is InChI=1S/C64H59F9N12O7/c1-61(64(71,72)73)80-77-55(92-61)47-25-21-45(22-26-47)38-84(50-11-3-2-4-12-50)60(88)82-29-7-10-49(40-82)48-9-6-14-52(36-48)83(37-44-19-23-46(24-20-44)54-76-79-57(91-54)63(68,69)70)58(86)74-28-27-41-8-5-13-51(34-41)85(59(87)81-30-32-89-33-31-81)39-43-17-15-42(16-18-43)35-53-75-78-56(90-53)62(65,66)67/h2-6,8-9,11-26,34,36,49,80H,7,10,27-33,35,37-40H2,1H3,(H,74,86). The number of amides is 6. The molecule has 2 saturated heterocycles. The van der Waals surface area contributed by atoms with E-state index >= 15 is 0 Å². The van der Waals surface area contributed by atoms with Gasteiger partial charge in [0, 0.05) is 73.8 Å². The molecule has 0 saturated carbocycles. The molecule has 3 aliphatic heterocycles. The number of urea groups is 3. The zero-order chi connectivity index (χ0) is 64.8. The predicted molar refractivity (Wildman–Crippen MR) is 317 cm³/mol. The van der Waals surface area contributed by atoms with Crippen LogP contribution in [0.4, 0.5) is 71.0 Å². The first-order chi connectivity index (χ1) is 44.0. The largest absolute Gasteiger partial charge is 0.470 e. The molecule has 2 aromatic heterocycles. The number of para-hydroxylation sites is 1. The van der Waals surface area contributed by atoms with Gasteiger partial charge in [-0.2, -0.15) is 39.5 Å². The van der Waals surface area contributed by atoms with Crippen molar-refractivity contribution in [2.75, 3.05) is 60.6 Å². The van der Waals surface area contributed by atoms with Crippen LogP contribution in [0.2, 0.25) is 0 Å². The summed E-state index contributed by atoms with van der Waals surface area (Å²) in [5.41, 5.74) is 5.76. The van der Waals surface area contributed by atoms with Crippen LogP contribution in [0.25, 0.3) is 11.5 Å². The van der Waals surface area contributed by atoms with Crippen molar-refractivity contribution in [2.45, 2.75) is 82.4 Å². The van der Waals surface area contributed by atoms with E-state index in [-0.39, 0.29) is 73.8 Å². The van der Waals surface area contributed by atoms with E-state index in [1.54, 1.807) is 98.5 Å². The number of nitrogens with zero attached hydrogens (tertiary/aromatic N) is 10. The molecule has 19 nitrogen and oxygen atoms in total. The fourth-order valence-corrected chi connectivity index (χ4v) is 10.7. The molecule has 0 aliphatic carbocycles. The second-order valence-corrected chi connectivity index (χ2v) is 22.2. The van der Waals surface area contributed by atoms with Gasteiger partial charge in [0.1, 0.15) is 0 Å². The van der Waals surface area contributed by atoms with Gasteiger partial charge in [0.05, 0.1) is 39.3 Å². The van der Waals surface area contributed by atoms with Gasteiger partial charge < -0.3 is 33.4 Å². The molecule has 5 heterocycles. The third kappa shape index (κ3) is 15.1. The molecule has 6 aromatic carbocycles. The van der Waals surface area contributed by atoms with Crippen molar-refractivity contribution >= 4 is 41.1 Å². The number of halogens is 9. The van der Waals surface area contributed by atoms with Crippen molar-refractivity contribution < 1.29 is 72.2 Å². The number of aromatic nitrogens is 4. The summed E-state index contributed by atoms with van der Waals surface area (Å²) in [4.78, 5) is 52.0. The molecule has 2 unspecified atom stereocenters. The molecule has 28 heteroatoms. The van der Waals surface area contributed by atoms with Gasteiger partial charge in [-0.1, -0.05) is 91.0 Å². The lowest BCUT2D eigenvalue weighted by Crippen LogP contribution is -2.51. The van der Waals surface area contributed by atoms with E-state index in [1.807, 2.05) is 66.1 Å². The van der Waals surface area contributed by atoms with Crippen LogP contribution in [0.3, 0.4) is 0 Å². The molecule has 8 aromatic rings. The molecule has 0 radical (unpaired) electrons. The molecule has 3 aliphatic rings. The van der Waals surface area contributed by atoms with Crippen LogP contribution in [0.15, 0.2) is 166 Å². The number of benzene rings is 6. The van der Waals surface area contributed by atoms with E-state index in [9.17, 15) is 53.9 Å². The summed E-state index contributed by atoms with van der Waals surface area (Å²) in [5, 5.41) is 20.2. The van der Waals surface area contributed by atoms with Gasteiger partial charge in [-0.05, 0) is 113 Å². The maximum absolute atomic E-state index is 14.8. The van der Waals surface area contributed by atoms with Crippen molar-refractivity contribution in [1.29, 1.82) is 0 Å². The number of hydrogen-bond donors (Lipinski definition) is 2. The predicted octanol–water partition coefficient (Wildman–Crippen LogP) is 12.7. The van der Waals surface area contributed by atoms with E-state index in [1.165, 1.54) is 17.0 Å². The van der Waals surface area contributed by atoms with E-state index in [0.717, 1.165) is 23.6 Å². The molecule has 480 valence electrons. The molecular weight excluding hydrogens is 1220 g/mol. The minimum absolute atomic E-state index is 0.00846. The SMILES string of the molecule is CC1(C(F)(F)F)NN=C(c2ccc(CN(C(=O)N3CCCC(c4cccc(N(Cc5ccc(-c6nnc(C(F)(F)F)o6)cc5)C(=O)NCCc5cccc(N(Cc6ccc(Cc7nnc(C(F)(F)F)o7)cc6)C(=O)N6CCOCC6)c5)c4)C3)c3ccccc3)cc2)O1. The Morgan fingerprint density at radius 3 is 1.79 bits per heavy atom. The number of hydrazone groups is 1. The van der Waals surface area contributed by atoms with E-state index in [2.05, 4.69) is 30.8 Å². The zero-order valence-corrected chi connectivity index (χ0v) is 49.1. The first-order valence-electron chi connectivity index (χ1n) is 29.2. The third-order valence-corrected chi connectivity index (χ3v) is 15.7. The summed E-state index contributed by atoms with van der Waals surface area (Å²) < 4.78 is 141. The number of likely N-dealkylation sites (tertiary alicyclic amines) is 1. The summed E-state index contributed by atoms with van der Waals surface area (Å²) in [6.45, 7) is 3.38. The van der Waals surface area contributed by atoms with Crippen molar-refractivity contribution in [1.82, 2.24) is 40.9 Å². The highest BCUT2D eigenvalue weighted by molar-refractivity contribution is 5.96. The summed E-state index contributed by atoms with van der Waals surface area (Å²) >= 11 is 0. The molecule has 0 spiro atoms. The van der Waals surface area contributed by atoms with Crippen molar-refractivity contribution in [3.63, 3.8) is 0 Å². The van der Waals surface area contributed by atoms with Crippen LogP contribution in [-0.4, -0.2) is 112 Å². The number of hydrogen-bond acceptors (Lipinski definition) is 13. The highest BCUT2D eigenvalue weighted by Gasteiger charge is 2.57. The smallest absolute Gasteiger partial charge is 0.438 e. The number of morpholine rings is 1. The Morgan fingerprint density at radius 1 is 0.598 bits per heavy atom. The number of rotatable bonds is 17. The van der Waals surface area contributed by atoms with Gasteiger partial charge >= 0.3 is 48.4 Å². The number of nitrogens with one attached hydrogen (secondary N) is 2. The highest BCUT2D eigenvalue weighted by atomic mass is 19.4. The van der Waals surface area contributed by atoms with Gasteiger partial charge in [0.15, 0.2) is 0 Å². The minimum Gasteiger partial charge on any atom is -0.438 e. The molecule has 0 bridgehead atoms. The number of carbonyl (C=O) groups is 3. The lowest BCUT2D eigenvalue weighted by molar-refractivity contribution is -0.250. The second kappa shape index (κ2) is 26.8. The average Bonchev–Trinajstić information content (AvgIpc) is 2.19. The lowest BCUT2D eigenvalue weighted by Gasteiger charge is -2.37. The Bertz CT molecular complexity index is 3900. The van der Waals surface area contributed by atoms with Crippen LogP contribution < -0.4 is 25.4 Å². The Morgan fingerprint density at radius 2 is 1.16 bits per heavy atom. The molecule has 2 N–H and O–H groups in total. The van der Waals surface area contributed by atoms with Crippen molar-refractivity contribution in [3.05, 3.63) is 208 Å². The number of ether oxygens (including phenoxy) is 2. The van der Waals surface area contributed by atoms with Crippen LogP contribution in [0.1, 0.15) is 82.3 Å². The Hall–Kier alpha value is -9.99. The molecular formula is C64H59F9N12O7. The molecule has 11 rings (SSSR count). The van der Waals surface area contributed by atoms with Gasteiger partial charge in [0.2, 0.25) is 17.7 Å². The lowest BCUT2D eigenvalue weighted by atomic mass is 9.90. The number of alkyl halides is 9. The summed E-state index contributed by atoms with van der Waals surface area (Å²) in [6, 6.07) is 42.5. The van der Waals surface area contributed by atoms with Gasteiger partial charge in [-0.25, -0.2) is 14.4 Å². The normalized spacial score (nSPS) is 16.9. The molecule has 2 atom stereocenters. The summed E-state index contributed by atoms with van der Waals surface area (Å²) in [7, 11) is 0. The summed E-state index contributed by atoms with van der Waals surface area (Å²) in [5.74, 6) is -3.91. The first kappa shape index (κ1) is 63.6. The van der Waals surface area contributed by atoms with Crippen LogP contribution in [0.5, 0.6) is 0 Å². The first-order valence-corrected chi connectivity index (χ1v) is 29.2. The average molecular weight is 1280 g/mol. The van der Waals surface area contributed by atoms with Crippen molar-refractivity contribution in [3.8, 4) is 11.5 Å². The van der Waals surface area contributed by atoms with E-state index in [4.69, 9.17) is 18.3 Å². The fraction of sp³-hybridized carbons (Fsp3) is 0.312. The van der Waals surface area contributed by atoms with Crippen molar-refractivity contribution in [2.24, 2.45) is 5.10 Å². The van der Waals surface area contributed by atoms with Gasteiger partial charge in [-0.15, -0.1) is 25.5 Å². The number of piperidine rings is 1. The molecule has 92 heavy (non-hydrogen) atoms. The Kier molecular flexibility index (Phi) is 18.5. The topological polar surface area (TPSA) is 200 Å². The van der Waals surface area contributed by atoms with Crippen LogP contribution >= 0.6 is 0 Å². The second-order valence-electron chi connectivity index (χ2n) is 22.2. The minimum atomic E-state index is -4.85. The van der Waals surface area contributed by atoms with Gasteiger partial charge in [0.25, 0.3) is 5.72 Å². The maximum atomic E-state index is 14.8. The molecule has 2 fully saturated rings. The highest BCUT2D eigenvalue weighted by Crippen LogP contribution is 2.37. The zero-order valence-electron chi connectivity index (χ0n) is 49.1. The molecule has 6 amide bonds. The third-order valence-electron chi connectivity index (χ3n) is 15.7. The summed E-state index contributed by atoms with van der Waals surface area (Å²) in [6.07, 6.45) is -12.7. The Balaban J connectivity index is 0.800. The van der Waals surface area contributed by atoms with E-state index < -0.39 is 42.1 Å². The maximum Gasteiger partial charge on any atom is 0.470 e. The van der Waals surface area contributed by atoms with E-state index in [0.29, 0.717) is 98.0 Å². The monoisotopic (exact) mass is 1280 g/mol. The Labute approximate surface area is 520 Å². The van der Waals surface area contributed by atoms with Gasteiger partial charge in [-0.3, -0.25) is 20.1 Å².